The Morgan fingerprint density at radius 3 is 2.81 bits per heavy atom. The molecule has 1 saturated carbocycles. The Hall–Kier alpha value is -1.12. The highest BCUT2D eigenvalue weighted by atomic mass is 15.3. The van der Waals surface area contributed by atoms with Gasteiger partial charge in [0.25, 0.3) is 0 Å². The Kier molecular flexibility index (Phi) is 3.13. The first-order chi connectivity index (χ1) is 7.61. The maximum Gasteiger partial charge on any atom is 0.176 e. The van der Waals surface area contributed by atoms with E-state index in [4.69, 9.17) is 0 Å². The van der Waals surface area contributed by atoms with E-state index < -0.39 is 0 Å². The van der Waals surface area contributed by atoms with Crippen LogP contribution in [0.5, 0.6) is 0 Å². The molecule has 3 heteroatoms. The van der Waals surface area contributed by atoms with E-state index >= 15 is 0 Å². The lowest BCUT2D eigenvalue weighted by molar-refractivity contribution is 0.371. The third-order valence-electron chi connectivity index (χ3n) is 3.74. The van der Waals surface area contributed by atoms with Crippen molar-refractivity contribution in [1.82, 2.24) is 14.8 Å². The maximum atomic E-state index is 4.52. The topological polar surface area (TPSA) is 30.7 Å². The molecule has 0 radical (unpaired) electrons. The largest absolute Gasteiger partial charge is 0.249 e. The van der Waals surface area contributed by atoms with Crippen LogP contribution in [0.2, 0.25) is 0 Å². The lowest BCUT2D eigenvalue weighted by Gasteiger charge is -2.14. The molecule has 0 aromatic carbocycles. The zero-order valence-corrected chi connectivity index (χ0v) is 10.5. The van der Waals surface area contributed by atoms with E-state index in [1.165, 1.54) is 19.3 Å². The van der Waals surface area contributed by atoms with Crippen molar-refractivity contribution < 1.29 is 0 Å². The molecule has 3 nitrogen and oxygen atoms in total. The zero-order valence-electron chi connectivity index (χ0n) is 10.5. The van der Waals surface area contributed by atoms with Crippen LogP contribution >= 0.6 is 0 Å². The highest BCUT2D eigenvalue weighted by Gasteiger charge is 2.32. The predicted octanol–water partition coefficient (Wildman–Crippen LogP) is 3.31. The second-order valence-corrected chi connectivity index (χ2v) is 5.12. The maximum absolute atomic E-state index is 4.52. The second kappa shape index (κ2) is 4.40. The highest BCUT2D eigenvalue weighted by Crippen LogP contribution is 2.40. The predicted molar refractivity (Wildman–Crippen MR) is 65.9 cm³/mol. The smallest absolute Gasteiger partial charge is 0.176 e. The second-order valence-electron chi connectivity index (χ2n) is 5.12. The molecule has 1 fully saturated rings. The van der Waals surface area contributed by atoms with Gasteiger partial charge in [0.1, 0.15) is 6.33 Å². The molecule has 88 valence electrons. The Balaban J connectivity index is 2.15. The van der Waals surface area contributed by atoms with Crippen molar-refractivity contribution in [2.75, 3.05) is 0 Å². The van der Waals surface area contributed by atoms with Gasteiger partial charge in [-0.25, -0.2) is 9.67 Å². The van der Waals surface area contributed by atoms with Crippen LogP contribution in [-0.4, -0.2) is 14.8 Å². The number of nitrogens with zero attached hydrogens (tertiary/aromatic N) is 3. The average Bonchev–Trinajstić information content (AvgIpc) is 2.83. The van der Waals surface area contributed by atoms with Crippen molar-refractivity contribution in [3.63, 3.8) is 0 Å². The van der Waals surface area contributed by atoms with Crippen LogP contribution in [0.3, 0.4) is 0 Å². The summed E-state index contributed by atoms with van der Waals surface area (Å²) in [6, 6.07) is 0.533. The monoisotopic (exact) mass is 219 g/mol. The molecule has 1 heterocycles. The molecule has 1 aromatic heterocycles. The number of rotatable bonds is 3. The summed E-state index contributed by atoms with van der Waals surface area (Å²) >= 11 is 0. The third kappa shape index (κ3) is 2.04. The fourth-order valence-corrected chi connectivity index (χ4v) is 2.69. The molecule has 2 unspecified atom stereocenters. The van der Waals surface area contributed by atoms with Crippen LogP contribution < -0.4 is 0 Å². The van der Waals surface area contributed by atoms with Crippen LogP contribution in [0.25, 0.3) is 5.57 Å². The van der Waals surface area contributed by atoms with Crippen LogP contribution in [0, 0.1) is 11.8 Å². The number of hydrogen-bond acceptors (Lipinski definition) is 2. The van der Waals surface area contributed by atoms with Gasteiger partial charge in [-0.3, -0.25) is 0 Å². The van der Waals surface area contributed by atoms with E-state index in [2.05, 4.69) is 30.5 Å². The molecule has 2 rings (SSSR count). The van der Waals surface area contributed by atoms with Crippen LogP contribution in [-0.2, 0) is 0 Å². The van der Waals surface area contributed by atoms with Gasteiger partial charge < -0.3 is 0 Å². The highest BCUT2D eigenvalue weighted by molar-refractivity contribution is 5.53. The van der Waals surface area contributed by atoms with Crippen molar-refractivity contribution in [1.29, 1.82) is 0 Å². The summed E-state index contributed by atoms with van der Waals surface area (Å²) in [6.45, 7) is 10.4. The van der Waals surface area contributed by atoms with Gasteiger partial charge in [-0.15, -0.1) is 0 Å². The lowest BCUT2D eigenvalue weighted by Crippen LogP contribution is -2.12. The molecule has 1 aliphatic rings. The minimum Gasteiger partial charge on any atom is -0.249 e. The molecular weight excluding hydrogens is 198 g/mol. The number of allylic oxidation sites excluding steroid dienone is 1. The van der Waals surface area contributed by atoms with Crippen molar-refractivity contribution in [2.24, 2.45) is 11.8 Å². The molecule has 0 saturated heterocycles. The fraction of sp³-hybridized carbons (Fsp3) is 0.692. The standard InChI is InChI=1S/C13H21N3/c1-5-11-6-10(4)12(7-11)16-8-14-13(15-16)9(2)3/h8,10-12H,2,5-7H2,1,3-4H3/t10-,11?,12?/m1/s1. The minimum atomic E-state index is 0.533. The van der Waals surface area contributed by atoms with Gasteiger partial charge in [-0.1, -0.05) is 26.8 Å². The van der Waals surface area contributed by atoms with Crippen molar-refractivity contribution in [3.05, 3.63) is 18.7 Å². The third-order valence-corrected chi connectivity index (χ3v) is 3.74. The van der Waals surface area contributed by atoms with Gasteiger partial charge in [-0.05, 0) is 37.2 Å². The van der Waals surface area contributed by atoms with Crippen molar-refractivity contribution in [2.45, 2.75) is 46.1 Å². The fourth-order valence-electron chi connectivity index (χ4n) is 2.69. The SMILES string of the molecule is C=C(C)c1ncn(C2CC(CC)C[C@H]2C)n1. The Morgan fingerprint density at radius 1 is 1.56 bits per heavy atom. The molecule has 1 aromatic rings. The van der Waals surface area contributed by atoms with E-state index in [0.29, 0.717) is 12.0 Å². The molecule has 0 aliphatic heterocycles. The van der Waals surface area contributed by atoms with Gasteiger partial charge in [0.2, 0.25) is 0 Å². The summed E-state index contributed by atoms with van der Waals surface area (Å²) in [5, 5.41) is 4.52. The van der Waals surface area contributed by atoms with E-state index in [1.54, 1.807) is 0 Å². The summed E-state index contributed by atoms with van der Waals surface area (Å²) in [5.41, 5.74) is 0.941. The van der Waals surface area contributed by atoms with E-state index in [-0.39, 0.29) is 0 Å². The van der Waals surface area contributed by atoms with Gasteiger partial charge in [0.05, 0.1) is 6.04 Å². The molecule has 0 N–H and O–H groups in total. The van der Waals surface area contributed by atoms with Crippen LogP contribution in [0.1, 0.15) is 51.9 Å². The van der Waals surface area contributed by atoms with Crippen LogP contribution in [0.15, 0.2) is 12.9 Å². The van der Waals surface area contributed by atoms with E-state index in [0.717, 1.165) is 17.3 Å². The summed E-state index contributed by atoms with van der Waals surface area (Å²) < 4.78 is 2.05. The molecule has 16 heavy (non-hydrogen) atoms. The van der Waals surface area contributed by atoms with E-state index in [1.807, 2.05) is 17.9 Å². The first kappa shape index (κ1) is 11.4. The quantitative estimate of drug-likeness (QED) is 0.781. The molecule has 1 aliphatic carbocycles. The Labute approximate surface area is 97.6 Å². The molecule has 0 amide bonds. The van der Waals surface area contributed by atoms with Gasteiger partial charge in [0.15, 0.2) is 5.82 Å². The first-order valence-corrected chi connectivity index (χ1v) is 6.18. The van der Waals surface area contributed by atoms with E-state index in [9.17, 15) is 0 Å². The average molecular weight is 219 g/mol. The van der Waals surface area contributed by atoms with Gasteiger partial charge in [-0.2, -0.15) is 5.10 Å². The van der Waals surface area contributed by atoms with Gasteiger partial charge >= 0.3 is 0 Å². The van der Waals surface area contributed by atoms with Crippen molar-refractivity contribution in [3.8, 4) is 0 Å². The summed E-state index contributed by atoms with van der Waals surface area (Å²) in [6.07, 6.45) is 5.71. The summed E-state index contributed by atoms with van der Waals surface area (Å²) in [5.74, 6) is 2.36. The normalized spacial score (nSPS) is 29.6. The first-order valence-electron chi connectivity index (χ1n) is 6.18. The molecule has 3 atom stereocenters. The van der Waals surface area contributed by atoms with Gasteiger partial charge in [0, 0.05) is 0 Å². The number of aromatic nitrogens is 3. The molecule has 0 spiro atoms. The van der Waals surface area contributed by atoms with Crippen molar-refractivity contribution >= 4 is 5.57 Å². The molecular formula is C13H21N3. The Morgan fingerprint density at radius 2 is 2.31 bits per heavy atom. The zero-order chi connectivity index (χ0) is 11.7. The minimum absolute atomic E-state index is 0.533. The summed E-state index contributed by atoms with van der Waals surface area (Å²) in [7, 11) is 0. The number of hydrogen-bond donors (Lipinski definition) is 0. The molecule has 0 bridgehead atoms. The summed E-state index contributed by atoms with van der Waals surface area (Å²) in [4.78, 5) is 4.30. The lowest BCUT2D eigenvalue weighted by atomic mass is 10.0. The van der Waals surface area contributed by atoms with Crippen LogP contribution in [0.4, 0.5) is 0 Å². The Bertz CT molecular complexity index is 380.